The fourth-order valence-electron chi connectivity index (χ4n) is 2.37. The summed E-state index contributed by atoms with van der Waals surface area (Å²) in [6.45, 7) is 0.575. The van der Waals surface area contributed by atoms with E-state index < -0.39 is 0 Å². The van der Waals surface area contributed by atoms with Crippen molar-refractivity contribution in [2.24, 2.45) is 0 Å². The summed E-state index contributed by atoms with van der Waals surface area (Å²) in [5.41, 5.74) is 3.91. The van der Waals surface area contributed by atoms with E-state index in [0.29, 0.717) is 18.5 Å². The average Bonchev–Trinajstić information content (AvgIpc) is 2.64. The number of hydrogen-bond donors (Lipinski definition) is 1. The van der Waals surface area contributed by atoms with Crippen molar-refractivity contribution in [2.45, 2.75) is 6.42 Å². The van der Waals surface area contributed by atoms with Gasteiger partial charge in [-0.2, -0.15) is 0 Å². The summed E-state index contributed by atoms with van der Waals surface area (Å²) in [5, 5.41) is 2.91. The zero-order chi connectivity index (χ0) is 15.9. The summed E-state index contributed by atoms with van der Waals surface area (Å²) in [6.07, 6.45) is 2.59. The highest BCUT2D eigenvalue weighted by Gasteiger charge is 2.04. The number of rotatable bonds is 5. The Kier molecular flexibility index (Phi) is 4.79. The SMILES string of the molecule is O=C(NCCc1ccc(-c2ccccc2)cn1)c1ccccc1. The molecule has 3 heteroatoms. The van der Waals surface area contributed by atoms with Crippen LogP contribution in [0.1, 0.15) is 16.1 Å². The second-order valence-electron chi connectivity index (χ2n) is 5.28. The summed E-state index contributed by atoms with van der Waals surface area (Å²) in [5.74, 6) is -0.0495. The molecule has 1 N–H and O–H groups in total. The van der Waals surface area contributed by atoms with E-state index in [9.17, 15) is 4.79 Å². The molecule has 1 amide bonds. The van der Waals surface area contributed by atoms with Gasteiger partial charge < -0.3 is 5.32 Å². The van der Waals surface area contributed by atoms with Gasteiger partial charge in [-0.3, -0.25) is 9.78 Å². The van der Waals surface area contributed by atoms with Crippen molar-refractivity contribution in [1.82, 2.24) is 10.3 Å². The molecule has 0 aliphatic carbocycles. The van der Waals surface area contributed by atoms with E-state index in [0.717, 1.165) is 16.8 Å². The van der Waals surface area contributed by atoms with Crippen molar-refractivity contribution >= 4 is 5.91 Å². The van der Waals surface area contributed by atoms with Gasteiger partial charge in [-0.1, -0.05) is 54.6 Å². The third-order valence-corrected chi connectivity index (χ3v) is 3.63. The molecule has 114 valence electrons. The molecule has 0 radical (unpaired) electrons. The van der Waals surface area contributed by atoms with Crippen LogP contribution in [0.2, 0.25) is 0 Å². The molecule has 2 aromatic carbocycles. The lowest BCUT2D eigenvalue weighted by molar-refractivity contribution is 0.0954. The Morgan fingerprint density at radius 2 is 1.52 bits per heavy atom. The molecular formula is C20H18N2O. The van der Waals surface area contributed by atoms with Gasteiger partial charge in [0.05, 0.1) is 0 Å². The predicted octanol–water partition coefficient (Wildman–Crippen LogP) is 3.72. The Morgan fingerprint density at radius 1 is 0.826 bits per heavy atom. The highest BCUT2D eigenvalue weighted by atomic mass is 16.1. The minimum atomic E-state index is -0.0495. The summed E-state index contributed by atoms with van der Waals surface area (Å²) < 4.78 is 0. The Morgan fingerprint density at radius 3 is 2.17 bits per heavy atom. The van der Waals surface area contributed by atoms with E-state index in [-0.39, 0.29) is 5.91 Å². The van der Waals surface area contributed by atoms with Crippen molar-refractivity contribution in [2.75, 3.05) is 6.54 Å². The molecule has 3 rings (SSSR count). The van der Waals surface area contributed by atoms with Crippen molar-refractivity contribution in [3.8, 4) is 11.1 Å². The molecule has 0 saturated heterocycles. The van der Waals surface area contributed by atoms with Crippen molar-refractivity contribution in [1.29, 1.82) is 0 Å². The Labute approximate surface area is 136 Å². The van der Waals surface area contributed by atoms with Gasteiger partial charge >= 0.3 is 0 Å². The van der Waals surface area contributed by atoms with E-state index >= 15 is 0 Å². The molecule has 1 heterocycles. The van der Waals surface area contributed by atoms with Gasteiger partial charge in [0.15, 0.2) is 0 Å². The summed E-state index contributed by atoms with van der Waals surface area (Å²) >= 11 is 0. The number of carbonyl (C=O) groups excluding carboxylic acids is 1. The van der Waals surface area contributed by atoms with Gasteiger partial charge in [0, 0.05) is 36.0 Å². The zero-order valence-electron chi connectivity index (χ0n) is 12.8. The molecule has 0 bridgehead atoms. The lowest BCUT2D eigenvalue weighted by atomic mass is 10.1. The minimum Gasteiger partial charge on any atom is -0.352 e. The van der Waals surface area contributed by atoms with Crippen molar-refractivity contribution in [3.63, 3.8) is 0 Å². The van der Waals surface area contributed by atoms with Crippen molar-refractivity contribution < 1.29 is 4.79 Å². The van der Waals surface area contributed by atoms with Crippen LogP contribution in [0.5, 0.6) is 0 Å². The maximum atomic E-state index is 11.9. The summed E-state index contributed by atoms with van der Waals surface area (Å²) in [7, 11) is 0. The molecule has 23 heavy (non-hydrogen) atoms. The van der Waals surface area contributed by atoms with Crippen LogP contribution in [-0.2, 0) is 6.42 Å². The van der Waals surface area contributed by atoms with Gasteiger partial charge in [-0.25, -0.2) is 0 Å². The van der Waals surface area contributed by atoms with Crippen LogP contribution < -0.4 is 5.32 Å². The molecule has 1 aromatic heterocycles. The molecule has 0 aliphatic heterocycles. The van der Waals surface area contributed by atoms with E-state index in [1.165, 1.54) is 0 Å². The second kappa shape index (κ2) is 7.36. The third kappa shape index (κ3) is 4.04. The number of benzene rings is 2. The van der Waals surface area contributed by atoms with Crippen molar-refractivity contribution in [3.05, 3.63) is 90.3 Å². The average molecular weight is 302 g/mol. The molecule has 0 saturated carbocycles. The summed E-state index contributed by atoms with van der Waals surface area (Å²) in [6, 6.07) is 23.5. The fourth-order valence-corrected chi connectivity index (χ4v) is 2.37. The monoisotopic (exact) mass is 302 g/mol. The highest BCUT2D eigenvalue weighted by Crippen LogP contribution is 2.17. The second-order valence-corrected chi connectivity index (χ2v) is 5.28. The van der Waals surface area contributed by atoms with Gasteiger partial charge in [0.2, 0.25) is 0 Å². The maximum Gasteiger partial charge on any atom is 0.251 e. The first-order valence-corrected chi connectivity index (χ1v) is 7.66. The number of hydrogen-bond acceptors (Lipinski definition) is 2. The standard InChI is InChI=1S/C20H18N2O/c23-20(17-9-5-2-6-10-17)21-14-13-19-12-11-18(15-22-19)16-7-3-1-4-8-16/h1-12,15H,13-14H2,(H,21,23). The highest BCUT2D eigenvalue weighted by molar-refractivity contribution is 5.94. The van der Waals surface area contributed by atoms with Gasteiger partial charge in [0.25, 0.3) is 5.91 Å². The maximum absolute atomic E-state index is 11.9. The lowest BCUT2D eigenvalue weighted by Gasteiger charge is -2.06. The normalized spacial score (nSPS) is 10.3. The molecule has 0 fully saturated rings. The predicted molar refractivity (Wildman–Crippen MR) is 92.2 cm³/mol. The van der Waals surface area contributed by atoms with E-state index in [1.54, 1.807) is 0 Å². The van der Waals surface area contributed by atoms with Crippen LogP contribution >= 0.6 is 0 Å². The van der Waals surface area contributed by atoms with E-state index in [4.69, 9.17) is 0 Å². The fraction of sp³-hybridized carbons (Fsp3) is 0.100. The number of amides is 1. The molecule has 3 nitrogen and oxygen atoms in total. The first-order valence-electron chi connectivity index (χ1n) is 7.66. The number of aromatic nitrogens is 1. The van der Waals surface area contributed by atoms with E-state index in [1.807, 2.05) is 60.8 Å². The zero-order valence-corrected chi connectivity index (χ0v) is 12.8. The molecule has 0 unspecified atom stereocenters. The van der Waals surface area contributed by atoms with Crippen LogP contribution in [0.3, 0.4) is 0 Å². The van der Waals surface area contributed by atoms with Crippen LogP contribution in [-0.4, -0.2) is 17.4 Å². The molecule has 3 aromatic rings. The largest absolute Gasteiger partial charge is 0.352 e. The van der Waals surface area contributed by atoms with Gasteiger partial charge in [-0.05, 0) is 23.8 Å². The third-order valence-electron chi connectivity index (χ3n) is 3.63. The first kappa shape index (κ1) is 15.0. The van der Waals surface area contributed by atoms with Gasteiger partial charge in [-0.15, -0.1) is 0 Å². The summed E-state index contributed by atoms with van der Waals surface area (Å²) in [4.78, 5) is 16.4. The number of pyridine rings is 1. The number of nitrogens with zero attached hydrogens (tertiary/aromatic N) is 1. The topological polar surface area (TPSA) is 42.0 Å². The smallest absolute Gasteiger partial charge is 0.251 e. The van der Waals surface area contributed by atoms with Crippen LogP contribution in [0.4, 0.5) is 0 Å². The molecule has 0 aliphatic rings. The van der Waals surface area contributed by atoms with E-state index in [2.05, 4.69) is 28.5 Å². The molecular weight excluding hydrogens is 284 g/mol. The quantitative estimate of drug-likeness (QED) is 0.780. The minimum absolute atomic E-state index is 0.0495. The van der Waals surface area contributed by atoms with Crippen LogP contribution in [0, 0.1) is 0 Å². The Bertz CT molecular complexity index is 753. The first-order chi connectivity index (χ1) is 11.3. The number of nitrogens with one attached hydrogen (secondary N) is 1. The van der Waals surface area contributed by atoms with Gasteiger partial charge in [0.1, 0.15) is 0 Å². The van der Waals surface area contributed by atoms with Crippen LogP contribution in [0.15, 0.2) is 79.0 Å². The Hall–Kier alpha value is -2.94. The van der Waals surface area contributed by atoms with Crippen LogP contribution in [0.25, 0.3) is 11.1 Å². The Balaban J connectivity index is 1.54. The lowest BCUT2D eigenvalue weighted by Crippen LogP contribution is -2.25. The molecule has 0 atom stereocenters. The molecule has 0 spiro atoms. The number of carbonyl (C=O) groups is 1.